The quantitative estimate of drug-likeness (QED) is 0.805. The monoisotopic (exact) mass is 245 g/mol. The van der Waals surface area contributed by atoms with Crippen LogP contribution in [0.3, 0.4) is 0 Å². The van der Waals surface area contributed by atoms with Crippen molar-refractivity contribution in [1.29, 1.82) is 0 Å². The van der Waals surface area contributed by atoms with E-state index in [2.05, 4.69) is 4.90 Å². The van der Waals surface area contributed by atoms with Gasteiger partial charge in [-0.15, -0.1) is 0 Å². The summed E-state index contributed by atoms with van der Waals surface area (Å²) in [6.07, 6.45) is 2.39. The lowest BCUT2D eigenvalue weighted by Crippen LogP contribution is -2.32. The molecular formula is C14H15NO3. The highest BCUT2D eigenvalue weighted by Gasteiger charge is 2.18. The van der Waals surface area contributed by atoms with Gasteiger partial charge in [0.25, 0.3) is 0 Å². The van der Waals surface area contributed by atoms with Gasteiger partial charge < -0.3 is 10.0 Å². The Morgan fingerprint density at radius 2 is 2.00 bits per heavy atom. The minimum Gasteiger partial charge on any atom is -0.478 e. The van der Waals surface area contributed by atoms with Gasteiger partial charge in [-0.05, 0) is 30.8 Å². The van der Waals surface area contributed by atoms with Crippen LogP contribution >= 0.6 is 0 Å². The molecule has 2 rings (SSSR count). The van der Waals surface area contributed by atoms with E-state index in [-0.39, 0.29) is 11.3 Å². The Labute approximate surface area is 106 Å². The number of nitrogens with zero attached hydrogens (tertiary/aromatic N) is 1. The number of carboxylic acid groups (broad SMARTS) is 1. The van der Waals surface area contributed by atoms with Crippen LogP contribution in [0.15, 0.2) is 29.8 Å². The zero-order valence-electron chi connectivity index (χ0n) is 10.2. The zero-order valence-corrected chi connectivity index (χ0v) is 10.2. The first-order valence-electron chi connectivity index (χ1n) is 5.82. The molecule has 0 saturated carbocycles. The summed E-state index contributed by atoms with van der Waals surface area (Å²) in [5.74, 6) is -0.766. The lowest BCUT2D eigenvalue weighted by molar-refractivity contribution is -0.117. The predicted octanol–water partition coefficient (Wildman–Crippen LogP) is 1.67. The van der Waals surface area contributed by atoms with Gasteiger partial charge in [0.1, 0.15) is 0 Å². The van der Waals surface area contributed by atoms with Crippen molar-refractivity contribution in [2.24, 2.45) is 0 Å². The molecule has 1 heterocycles. The first kappa shape index (κ1) is 12.5. The molecule has 0 unspecified atom stereocenters. The highest BCUT2D eigenvalue weighted by Crippen LogP contribution is 2.15. The van der Waals surface area contributed by atoms with Gasteiger partial charge in [0, 0.05) is 25.1 Å². The number of carbonyl (C=O) groups excluding carboxylic acids is 1. The molecule has 0 aliphatic carbocycles. The Morgan fingerprint density at radius 3 is 2.61 bits per heavy atom. The molecule has 1 aromatic rings. The molecule has 0 radical (unpaired) electrons. The van der Waals surface area contributed by atoms with Crippen molar-refractivity contribution in [3.8, 4) is 0 Å². The maximum Gasteiger partial charge on any atom is 0.335 e. The second-order valence-corrected chi connectivity index (χ2v) is 4.51. The highest BCUT2D eigenvalue weighted by atomic mass is 16.4. The van der Waals surface area contributed by atoms with Crippen molar-refractivity contribution in [2.75, 3.05) is 20.1 Å². The number of likely N-dealkylation sites (tertiary alicyclic amines) is 1. The number of carbonyl (C=O) groups is 2. The van der Waals surface area contributed by atoms with Gasteiger partial charge in [0.05, 0.1) is 5.56 Å². The van der Waals surface area contributed by atoms with Crippen LogP contribution in [0.1, 0.15) is 22.3 Å². The average molecular weight is 245 g/mol. The SMILES string of the molecule is CN1CCC(=O)/C(=C/c2ccc(C(=O)O)cc2)C1. The standard InChI is InChI=1S/C14H15NO3/c1-15-7-6-13(16)12(9-15)8-10-2-4-11(5-3-10)14(17)18/h2-5,8H,6-7,9H2,1H3,(H,17,18)/b12-8+. The van der Waals surface area contributed by atoms with Crippen molar-refractivity contribution in [3.05, 3.63) is 41.0 Å². The average Bonchev–Trinajstić information content (AvgIpc) is 2.34. The molecule has 18 heavy (non-hydrogen) atoms. The second-order valence-electron chi connectivity index (χ2n) is 4.51. The van der Waals surface area contributed by atoms with E-state index in [1.54, 1.807) is 24.3 Å². The smallest absolute Gasteiger partial charge is 0.335 e. The molecule has 1 aliphatic rings. The predicted molar refractivity (Wildman–Crippen MR) is 68.5 cm³/mol. The fourth-order valence-electron chi connectivity index (χ4n) is 1.96. The fourth-order valence-corrected chi connectivity index (χ4v) is 1.96. The van der Waals surface area contributed by atoms with E-state index in [1.165, 1.54) is 0 Å². The minimum absolute atomic E-state index is 0.176. The molecule has 0 bridgehead atoms. The number of Topliss-reactive ketones (excluding diaryl/α,β-unsaturated/α-hetero) is 1. The number of aromatic carboxylic acids is 1. The van der Waals surface area contributed by atoms with Crippen LogP contribution in [0.25, 0.3) is 6.08 Å². The molecular weight excluding hydrogens is 230 g/mol. The molecule has 1 N–H and O–H groups in total. The van der Waals surface area contributed by atoms with Crippen LogP contribution in [0.4, 0.5) is 0 Å². The third-order valence-electron chi connectivity index (χ3n) is 3.02. The molecule has 0 spiro atoms. The van der Waals surface area contributed by atoms with E-state index in [9.17, 15) is 9.59 Å². The molecule has 1 saturated heterocycles. The Morgan fingerprint density at radius 1 is 1.33 bits per heavy atom. The normalized spacial score (nSPS) is 19.2. The van der Waals surface area contributed by atoms with E-state index in [0.29, 0.717) is 13.0 Å². The van der Waals surface area contributed by atoms with Crippen molar-refractivity contribution < 1.29 is 14.7 Å². The lowest BCUT2D eigenvalue weighted by Gasteiger charge is -2.23. The fraction of sp³-hybridized carbons (Fsp3) is 0.286. The van der Waals surface area contributed by atoms with Crippen molar-refractivity contribution in [2.45, 2.75) is 6.42 Å². The van der Waals surface area contributed by atoms with E-state index in [1.807, 2.05) is 13.1 Å². The van der Waals surface area contributed by atoms with Gasteiger partial charge in [0.15, 0.2) is 5.78 Å². The van der Waals surface area contributed by atoms with Crippen LogP contribution in [-0.2, 0) is 4.79 Å². The first-order valence-corrected chi connectivity index (χ1v) is 5.82. The summed E-state index contributed by atoms with van der Waals surface area (Å²) in [6, 6.07) is 6.54. The molecule has 4 nitrogen and oxygen atoms in total. The maximum atomic E-state index is 11.7. The minimum atomic E-state index is -0.942. The van der Waals surface area contributed by atoms with Crippen molar-refractivity contribution in [1.82, 2.24) is 4.90 Å². The zero-order chi connectivity index (χ0) is 13.1. The van der Waals surface area contributed by atoms with E-state index < -0.39 is 5.97 Å². The number of piperidine rings is 1. The third kappa shape index (κ3) is 2.84. The number of ketones is 1. The summed E-state index contributed by atoms with van der Waals surface area (Å²) in [7, 11) is 1.98. The number of rotatable bonds is 2. The van der Waals surface area contributed by atoms with Gasteiger partial charge in [-0.3, -0.25) is 4.79 Å². The largest absolute Gasteiger partial charge is 0.478 e. The van der Waals surface area contributed by atoms with Gasteiger partial charge in [0.2, 0.25) is 0 Å². The number of carboxylic acids is 1. The van der Waals surface area contributed by atoms with Crippen LogP contribution in [0.5, 0.6) is 0 Å². The number of hydrogen-bond donors (Lipinski definition) is 1. The lowest BCUT2D eigenvalue weighted by atomic mass is 10.0. The second kappa shape index (κ2) is 5.14. The Balaban J connectivity index is 2.21. The summed E-state index contributed by atoms with van der Waals surface area (Å²) in [5, 5.41) is 8.80. The van der Waals surface area contributed by atoms with Gasteiger partial charge >= 0.3 is 5.97 Å². The molecule has 1 fully saturated rings. The number of likely N-dealkylation sites (N-methyl/N-ethyl adjacent to an activating group) is 1. The molecule has 0 aromatic heterocycles. The molecule has 1 aromatic carbocycles. The van der Waals surface area contributed by atoms with Crippen LogP contribution in [0, 0.1) is 0 Å². The molecule has 0 atom stereocenters. The van der Waals surface area contributed by atoms with E-state index in [4.69, 9.17) is 5.11 Å². The molecule has 1 aliphatic heterocycles. The van der Waals surface area contributed by atoms with Crippen LogP contribution in [0.2, 0.25) is 0 Å². The van der Waals surface area contributed by atoms with E-state index >= 15 is 0 Å². The topological polar surface area (TPSA) is 57.6 Å². The maximum absolute atomic E-state index is 11.7. The number of hydrogen-bond acceptors (Lipinski definition) is 3. The van der Waals surface area contributed by atoms with E-state index in [0.717, 1.165) is 17.7 Å². The van der Waals surface area contributed by atoms with Crippen LogP contribution < -0.4 is 0 Å². The summed E-state index contributed by atoms with van der Waals surface area (Å²) >= 11 is 0. The Hall–Kier alpha value is -1.94. The number of benzene rings is 1. The van der Waals surface area contributed by atoms with Gasteiger partial charge in [-0.1, -0.05) is 12.1 Å². The van der Waals surface area contributed by atoms with Crippen molar-refractivity contribution in [3.63, 3.8) is 0 Å². The Bertz CT molecular complexity index is 502. The van der Waals surface area contributed by atoms with Gasteiger partial charge in [-0.25, -0.2) is 4.79 Å². The highest BCUT2D eigenvalue weighted by molar-refractivity contribution is 6.00. The first-order chi connectivity index (χ1) is 8.56. The third-order valence-corrected chi connectivity index (χ3v) is 3.02. The molecule has 0 amide bonds. The molecule has 94 valence electrons. The van der Waals surface area contributed by atoms with Crippen LogP contribution in [-0.4, -0.2) is 41.9 Å². The summed E-state index contributed by atoms with van der Waals surface area (Å²) < 4.78 is 0. The van der Waals surface area contributed by atoms with Gasteiger partial charge in [-0.2, -0.15) is 0 Å². The Kier molecular flexibility index (Phi) is 3.58. The molecule has 4 heteroatoms. The summed E-state index contributed by atoms with van der Waals surface area (Å²) in [4.78, 5) is 24.5. The summed E-state index contributed by atoms with van der Waals surface area (Å²) in [6.45, 7) is 1.45. The summed E-state index contributed by atoms with van der Waals surface area (Å²) in [5.41, 5.74) is 1.90. The van der Waals surface area contributed by atoms with Crippen molar-refractivity contribution >= 4 is 17.8 Å².